The first-order chi connectivity index (χ1) is 11.2. The van der Waals surface area contributed by atoms with Gasteiger partial charge in [0.15, 0.2) is 0 Å². The van der Waals surface area contributed by atoms with Crippen molar-refractivity contribution < 1.29 is 9.90 Å². The molecule has 1 atom stereocenters. The third kappa shape index (κ3) is 3.63. The summed E-state index contributed by atoms with van der Waals surface area (Å²) in [5, 5.41) is 12.7. The Kier molecular flexibility index (Phi) is 5.09. The molecule has 0 radical (unpaired) electrons. The van der Waals surface area contributed by atoms with Gasteiger partial charge < -0.3 is 19.9 Å². The molecule has 23 heavy (non-hydrogen) atoms. The first kappa shape index (κ1) is 16.2. The molecule has 2 aromatic rings. The largest absolute Gasteiger partial charge is 0.395 e. The van der Waals surface area contributed by atoms with Gasteiger partial charge in [0.1, 0.15) is 5.82 Å². The highest BCUT2D eigenvalue weighted by atomic mass is 32.1. The smallest absolute Gasteiger partial charge is 0.264 e. The second-order valence-corrected chi connectivity index (χ2v) is 6.87. The van der Waals surface area contributed by atoms with Gasteiger partial charge in [-0.1, -0.05) is 0 Å². The van der Waals surface area contributed by atoms with Crippen molar-refractivity contribution in [2.75, 3.05) is 19.7 Å². The van der Waals surface area contributed by atoms with Crippen LogP contribution in [0.25, 0.3) is 0 Å². The molecule has 3 rings (SSSR count). The Morgan fingerprint density at radius 3 is 3.09 bits per heavy atom. The van der Waals surface area contributed by atoms with E-state index in [-0.39, 0.29) is 12.5 Å². The second kappa shape index (κ2) is 7.25. The Morgan fingerprint density at radius 2 is 2.43 bits per heavy atom. The summed E-state index contributed by atoms with van der Waals surface area (Å²) in [6.45, 7) is 1.69. The number of hydrogen-bond donors (Lipinski definition) is 2. The summed E-state index contributed by atoms with van der Waals surface area (Å²) in [6.07, 6.45) is 5.88. The van der Waals surface area contributed by atoms with Crippen LogP contribution in [0.2, 0.25) is 0 Å². The molecule has 2 N–H and O–H groups in total. The molecule has 0 spiro atoms. The van der Waals surface area contributed by atoms with Crippen LogP contribution in [0.1, 0.15) is 39.3 Å². The number of imidazole rings is 1. The average Bonchev–Trinajstić information content (AvgIpc) is 3.28. The van der Waals surface area contributed by atoms with Gasteiger partial charge in [0.05, 0.1) is 18.0 Å². The van der Waals surface area contributed by atoms with Crippen molar-refractivity contribution in [2.45, 2.75) is 25.4 Å². The highest BCUT2D eigenvalue weighted by Gasteiger charge is 2.22. The fourth-order valence-electron chi connectivity index (χ4n) is 2.83. The predicted molar refractivity (Wildman–Crippen MR) is 89.3 cm³/mol. The van der Waals surface area contributed by atoms with Crippen LogP contribution >= 0.6 is 11.3 Å². The Balaban J connectivity index is 1.74. The lowest BCUT2D eigenvalue weighted by Gasteiger charge is -2.20. The maximum Gasteiger partial charge on any atom is 0.264 e. The Labute approximate surface area is 139 Å². The molecule has 1 saturated heterocycles. The van der Waals surface area contributed by atoms with E-state index in [0.717, 1.165) is 23.7 Å². The summed E-state index contributed by atoms with van der Waals surface area (Å²) < 4.78 is 1.89. The summed E-state index contributed by atoms with van der Waals surface area (Å²) in [4.78, 5) is 20.6. The van der Waals surface area contributed by atoms with Gasteiger partial charge in [0.2, 0.25) is 0 Å². The van der Waals surface area contributed by atoms with Crippen LogP contribution in [0.4, 0.5) is 0 Å². The average molecular weight is 334 g/mol. The van der Waals surface area contributed by atoms with Gasteiger partial charge in [-0.2, -0.15) is 0 Å². The van der Waals surface area contributed by atoms with E-state index in [1.165, 1.54) is 11.3 Å². The summed E-state index contributed by atoms with van der Waals surface area (Å²) in [7, 11) is 1.90. The van der Waals surface area contributed by atoms with E-state index in [4.69, 9.17) is 0 Å². The number of carbonyl (C=O) groups is 1. The zero-order chi connectivity index (χ0) is 16.2. The van der Waals surface area contributed by atoms with Gasteiger partial charge in [-0.15, -0.1) is 11.3 Å². The minimum atomic E-state index is -0.0570. The van der Waals surface area contributed by atoms with Crippen molar-refractivity contribution >= 4 is 17.2 Å². The number of aliphatic hydroxyl groups excluding tert-OH is 1. The standard InChI is InChI=1S/C16H22N4O2S/c1-19-8-7-18-15(19)11-20(9-10-21)16(22)14-5-4-13(23-14)12-3-2-6-17-12/h4-5,7-8,12,17,21H,2-3,6,9-11H2,1H3. The maximum absolute atomic E-state index is 12.8. The van der Waals surface area contributed by atoms with Crippen molar-refractivity contribution in [1.82, 2.24) is 19.8 Å². The Bertz CT molecular complexity index is 661. The predicted octanol–water partition coefficient (Wildman–Crippen LogP) is 1.54. The van der Waals surface area contributed by atoms with Gasteiger partial charge >= 0.3 is 0 Å². The van der Waals surface area contributed by atoms with Crippen LogP contribution in [-0.2, 0) is 13.6 Å². The van der Waals surface area contributed by atoms with Crippen molar-refractivity contribution in [2.24, 2.45) is 7.05 Å². The van der Waals surface area contributed by atoms with Gasteiger partial charge in [0, 0.05) is 36.9 Å². The zero-order valence-electron chi connectivity index (χ0n) is 13.2. The SMILES string of the molecule is Cn1ccnc1CN(CCO)C(=O)c1ccc(C2CCCN2)s1. The van der Waals surface area contributed by atoms with Crippen molar-refractivity contribution in [3.63, 3.8) is 0 Å². The molecule has 0 aliphatic carbocycles. The lowest BCUT2D eigenvalue weighted by atomic mass is 10.2. The van der Waals surface area contributed by atoms with Gasteiger partial charge in [-0.25, -0.2) is 4.98 Å². The van der Waals surface area contributed by atoms with Crippen LogP contribution in [0.15, 0.2) is 24.5 Å². The minimum absolute atomic E-state index is 0.0451. The molecule has 7 heteroatoms. The Morgan fingerprint density at radius 1 is 1.57 bits per heavy atom. The van der Waals surface area contributed by atoms with E-state index in [0.29, 0.717) is 19.1 Å². The molecule has 1 fully saturated rings. The summed E-state index contributed by atoms with van der Waals surface area (Å²) in [5.41, 5.74) is 0. The van der Waals surface area contributed by atoms with Crippen LogP contribution in [-0.4, -0.2) is 45.2 Å². The van der Waals surface area contributed by atoms with E-state index < -0.39 is 0 Å². The first-order valence-corrected chi connectivity index (χ1v) is 8.70. The molecule has 124 valence electrons. The molecule has 2 aromatic heterocycles. The quantitative estimate of drug-likeness (QED) is 0.841. The number of amides is 1. The van der Waals surface area contributed by atoms with Gasteiger partial charge in [-0.05, 0) is 31.5 Å². The summed E-state index contributed by atoms with van der Waals surface area (Å²) in [6, 6.07) is 4.31. The van der Waals surface area contributed by atoms with Crippen LogP contribution in [0.3, 0.4) is 0 Å². The molecule has 1 aliphatic rings. The number of carbonyl (C=O) groups excluding carboxylic acids is 1. The lowest BCUT2D eigenvalue weighted by molar-refractivity contribution is 0.0706. The third-order valence-electron chi connectivity index (χ3n) is 4.15. The number of thiophene rings is 1. The normalized spacial score (nSPS) is 17.6. The van der Waals surface area contributed by atoms with E-state index >= 15 is 0 Å². The van der Waals surface area contributed by atoms with Crippen LogP contribution < -0.4 is 5.32 Å². The fraction of sp³-hybridized carbons (Fsp3) is 0.500. The van der Waals surface area contributed by atoms with Crippen molar-refractivity contribution in [3.05, 3.63) is 40.1 Å². The van der Waals surface area contributed by atoms with E-state index in [9.17, 15) is 9.90 Å². The lowest BCUT2D eigenvalue weighted by Crippen LogP contribution is -2.33. The number of nitrogens with zero attached hydrogens (tertiary/aromatic N) is 3. The molecular weight excluding hydrogens is 312 g/mol. The van der Waals surface area contributed by atoms with E-state index in [1.807, 2.05) is 29.9 Å². The van der Waals surface area contributed by atoms with E-state index in [1.54, 1.807) is 22.4 Å². The number of nitrogens with one attached hydrogen (secondary N) is 1. The second-order valence-electron chi connectivity index (χ2n) is 5.76. The van der Waals surface area contributed by atoms with Crippen molar-refractivity contribution in [3.8, 4) is 0 Å². The molecule has 3 heterocycles. The van der Waals surface area contributed by atoms with Crippen LogP contribution in [0, 0.1) is 0 Å². The Hall–Kier alpha value is -1.70. The minimum Gasteiger partial charge on any atom is -0.395 e. The summed E-state index contributed by atoms with van der Waals surface area (Å²) >= 11 is 1.55. The highest BCUT2D eigenvalue weighted by Crippen LogP contribution is 2.30. The molecular formula is C16H22N4O2S. The highest BCUT2D eigenvalue weighted by molar-refractivity contribution is 7.14. The van der Waals surface area contributed by atoms with Crippen molar-refractivity contribution in [1.29, 1.82) is 0 Å². The number of rotatable bonds is 6. The molecule has 6 nitrogen and oxygen atoms in total. The molecule has 0 bridgehead atoms. The molecule has 1 unspecified atom stereocenters. The molecule has 0 saturated carbocycles. The molecule has 1 amide bonds. The van der Waals surface area contributed by atoms with Crippen LogP contribution in [0.5, 0.6) is 0 Å². The topological polar surface area (TPSA) is 70.4 Å². The summed E-state index contributed by atoms with van der Waals surface area (Å²) in [5.74, 6) is 0.761. The zero-order valence-corrected chi connectivity index (χ0v) is 14.1. The monoisotopic (exact) mass is 334 g/mol. The number of aryl methyl sites for hydroxylation is 1. The number of hydrogen-bond acceptors (Lipinski definition) is 5. The fourth-order valence-corrected chi connectivity index (χ4v) is 3.92. The number of aromatic nitrogens is 2. The first-order valence-electron chi connectivity index (χ1n) is 7.88. The molecule has 0 aromatic carbocycles. The number of aliphatic hydroxyl groups is 1. The van der Waals surface area contributed by atoms with E-state index in [2.05, 4.69) is 10.3 Å². The molecule has 1 aliphatic heterocycles. The third-order valence-corrected chi connectivity index (χ3v) is 5.34. The van der Waals surface area contributed by atoms with Gasteiger partial charge in [0.25, 0.3) is 5.91 Å². The maximum atomic E-state index is 12.8. The van der Waals surface area contributed by atoms with Gasteiger partial charge in [-0.3, -0.25) is 4.79 Å².